The first-order valence-electron chi connectivity index (χ1n) is 5.80. The largest absolute Gasteiger partial charge is 0.393 e. The highest BCUT2D eigenvalue weighted by Gasteiger charge is 2.13. The van der Waals surface area contributed by atoms with Gasteiger partial charge >= 0.3 is 0 Å². The molecule has 0 aromatic heterocycles. The maximum atomic E-state index is 9.73. The highest BCUT2D eigenvalue weighted by Crippen LogP contribution is 2.22. The van der Waals surface area contributed by atoms with Crippen molar-refractivity contribution in [2.45, 2.75) is 38.7 Å². The molecule has 2 nitrogen and oxygen atoms in total. The average molecular weight is 210 g/mol. The molecule has 1 aliphatic rings. The van der Waals surface area contributed by atoms with E-state index in [-0.39, 0.29) is 6.10 Å². The van der Waals surface area contributed by atoms with E-state index in [0.29, 0.717) is 12.5 Å². The summed E-state index contributed by atoms with van der Waals surface area (Å²) in [5.74, 6) is 0.488. The SMILES string of the molecule is CCC[C@H](O)CC1C=C(COC)C=CC1. The molecule has 0 aromatic rings. The number of ether oxygens (including phenoxy) is 1. The minimum Gasteiger partial charge on any atom is -0.393 e. The van der Waals surface area contributed by atoms with Gasteiger partial charge in [0, 0.05) is 7.11 Å². The topological polar surface area (TPSA) is 29.5 Å². The van der Waals surface area contributed by atoms with Crippen LogP contribution in [0.15, 0.2) is 23.8 Å². The van der Waals surface area contributed by atoms with Gasteiger partial charge < -0.3 is 9.84 Å². The van der Waals surface area contributed by atoms with Gasteiger partial charge in [0.2, 0.25) is 0 Å². The molecule has 2 atom stereocenters. The number of hydrogen-bond acceptors (Lipinski definition) is 2. The van der Waals surface area contributed by atoms with Crippen LogP contribution in [0.4, 0.5) is 0 Å². The molecule has 15 heavy (non-hydrogen) atoms. The summed E-state index contributed by atoms with van der Waals surface area (Å²) in [7, 11) is 1.71. The van der Waals surface area contributed by atoms with Gasteiger partial charge in [-0.15, -0.1) is 0 Å². The smallest absolute Gasteiger partial charge is 0.0710 e. The van der Waals surface area contributed by atoms with Gasteiger partial charge in [0.05, 0.1) is 12.7 Å². The Morgan fingerprint density at radius 2 is 2.40 bits per heavy atom. The van der Waals surface area contributed by atoms with Crippen molar-refractivity contribution in [3.63, 3.8) is 0 Å². The zero-order valence-corrected chi connectivity index (χ0v) is 9.78. The Labute approximate surface area is 92.6 Å². The molecule has 0 radical (unpaired) electrons. The zero-order chi connectivity index (χ0) is 11.1. The minimum absolute atomic E-state index is 0.147. The van der Waals surface area contributed by atoms with E-state index in [0.717, 1.165) is 25.7 Å². The predicted molar refractivity (Wildman–Crippen MR) is 62.7 cm³/mol. The van der Waals surface area contributed by atoms with Gasteiger partial charge in [-0.25, -0.2) is 0 Å². The van der Waals surface area contributed by atoms with Crippen LogP contribution in [0.25, 0.3) is 0 Å². The fraction of sp³-hybridized carbons (Fsp3) is 0.692. The Morgan fingerprint density at radius 3 is 3.07 bits per heavy atom. The molecule has 1 N–H and O–H groups in total. The summed E-state index contributed by atoms with van der Waals surface area (Å²) >= 11 is 0. The van der Waals surface area contributed by atoms with E-state index in [1.165, 1.54) is 5.57 Å². The Morgan fingerprint density at radius 1 is 1.60 bits per heavy atom. The maximum absolute atomic E-state index is 9.73. The van der Waals surface area contributed by atoms with Crippen molar-refractivity contribution in [2.24, 2.45) is 5.92 Å². The Bertz CT molecular complexity index is 231. The van der Waals surface area contributed by atoms with Crippen molar-refractivity contribution < 1.29 is 9.84 Å². The summed E-state index contributed by atoms with van der Waals surface area (Å²) < 4.78 is 5.10. The Hall–Kier alpha value is -0.600. The van der Waals surface area contributed by atoms with Crippen molar-refractivity contribution in [1.29, 1.82) is 0 Å². The summed E-state index contributed by atoms with van der Waals surface area (Å²) in [4.78, 5) is 0. The molecule has 0 fully saturated rings. The lowest BCUT2D eigenvalue weighted by atomic mass is 9.90. The number of aliphatic hydroxyl groups is 1. The standard InChI is InChI=1S/C13H22O2/c1-3-5-13(14)9-11-6-4-7-12(8-11)10-15-2/h4,7-8,11,13-14H,3,5-6,9-10H2,1-2H3/t11?,13-/m0/s1. The first kappa shape index (κ1) is 12.5. The second kappa shape index (κ2) is 6.81. The molecule has 0 heterocycles. The van der Waals surface area contributed by atoms with Crippen LogP contribution in [0.5, 0.6) is 0 Å². The summed E-state index contributed by atoms with van der Waals surface area (Å²) in [6.45, 7) is 2.78. The number of aliphatic hydroxyl groups excluding tert-OH is 1. The average Bonchev–Trinajstić information content (AvgIpc) is 2.19. The molecule has 0 saturated carbocycles. The Kier molecular flexibility index (Phi) is 5.66. The number of methoxy groups -OCH3 is 1. The van der Waals surface area contributed by atoms with Crippen LogP contribution in [0, 0.1) is 5.92 Å². The molecule has 86 valence electrons. The predicted octanol–water partition coefficient (Wildman–Crippen LogP) is 2.69. The molecule has 0 aromatic carbocycles. The molecule has 0 aliphatic heterocycles. The van der Waals surface area contributed by atoms with Crippen LogP contribution in [-0.2, 0) is 4.74 Å². The second-order valence-electron chi connectivity index (χ2n) is 4.25. The highest BCUT2D eigenvalue weighted by atomic mass is 16.5. The molecule has 0 saturated heterocycles. The third-order valence-electron chi connectivity index (χ3n) is 2.73. The molecule has 0 bridgehead atoms. The normalized spacial score (nSPS) is 22.6. The third-order valence-corrected chi connectivity index (χ3v) is 2.73. The van der Waals surface area contributed by atoms with Crippen molar-refractivity contribution in [3.05, 3.63) is 23.8 Å². The van der Waals surface area contributed by atoms with E-state index >= 15 is 0 Å². The van der Waals surface area contributed by atoms with Crippen LogP contribution in [0.1, 0.15) is 32.6 Å². The van der Waals surface area contributed by atoms with Crippen LogP contribution >= 0.6 is 0 Å². The van der Waals surface area contributed by atoms with Crippen molar-refractivity contribution in [2.75, 3.05) is 13.7 Å². The van der Waals surface area contributed by atoms with Crippen molar-refractivity contribution in [1.82, 2.24) is 0 Å². The fourth-order valence-electron chi connectivity index (χ4n) is 2.05. The number of allylic oxidation sites excluding steroid dienone is 2. The second-order valence-corrected chi connectivity index (χ2v) is 4.25. The van der Waals surface area contributed by atoms with E-state index in [1.54, 1.807) is 7.11 Å². The number of hydrogen-bond donors (Lipinski definition) is 1. The van der Waals surface area contributed by atoms with Gasteiger partial charge in [-0.3, -0.25) is 0 Å². The van der Waals surface area contributed by atoms with Gasteiger partial charge in [0.1, 0.15) is 0 Å². The number of rotatable bonds is 6. The summed E-state index contributed by atoms with van der Waals surface area (Å²) in [6, 6.07) is 0. The molecular weight excluding hydrogens is 188 g/mol. The van der Waals surface area contributed by atoms with Gasteiger partial charge in [-0.05, 0) is 30.8 Å². The zero-order valence-electron chi connectivity index (χ0n) is 9.78. The van der Waals surface area contributed by atoms with Crippen molar-refractivity contribution in [3.8, 4) is 0 Å². The third kappa shape index (κ3) is 4.63. The highest BCUT2D eigenvalue weighted by molar-refractivity contribution is 5.24. The first-order chi connectivity index (χ1) is 7.26. The van der Waals surface area contributed by atoms with Gasteiger partial charge in [0.25, 0.3) is 0 Å². The summed E-state index contributed by atoms with van der Waals surface area (Å²) in [5.41, 5.74) is 1.23. The van der Waals surface area contributed by atoms with E-state index < -0.39 is 0 Å². The van der Waals surface area contributed by atoms with Crippen LogP contribution < -0.4 is 0 Å². The fourth-order valence-corrected chi connectivity index (χ4v) is 2.05. The molecule has 1 rings (SSSR count). The Balaban J connectivity index is 2.39. The summed E-state index contributed by atoms with van der Waals surface area (Å²) in [6.07, 6.45) is 10.3. The van der Waals surface area contributed by atoms with Gasteiger partial charge in [0.15, 0.2) is 0 Å². The quantitative estimate of drug-likeness (QED) is 0.730. The van der Waals surface area contributed by atoms with Crippen molar-refractivity contribution >= 4 is 0 Å². The van der Waals surface area contributed by atoms with Crippen LogP contribution in [-0.4, -0.2) is 24.9 Å². The monoisotopic (exact) mass is 210 g/mol. The first-order valence-corrected chi connectivity index (χ1v) is 5.80. The van der Waals surface area contributed by atoms with E-state index in [9.17, 15) is 5.11 Å². The minimum atomic E-state index is -0.147. The summed E-state index contributed by atoms with van der Waals surface area (Å²) in [5, 5.41) is 9.73. The molecule has 0 amide bonds. The van der Waals surface area contributed by atoms with Gasteiger partial charge in [-0.2, -0.15) is 0 Å². The molecule has 2 heteroatoms. The van der Waals surface area contributed by atoms with E-state index in [1.807, 2.05) is 0 Å². The van der Waals surface area contributed by atoms with E-state index in [2.05, 4.69) is 25.2 Å². The molecule has 1 unspecified atom stereocenters. The lowest BCUT2D eigenvalue weighted by Crippen LogP contribution is -2.13. The molecular formula is C13H22O2. The molecule has 0 spiro atoms. The maximum Gasteiger partial charge on any atom is 0.0710 e. The lowest BCUT2D eigenvalue weighted by Gasteiger charge is -2.19. The van der Waals surface area contributed by atoms with Crippen LogP contribution in [0.2, 0.25) is 0 Å². The molecule has 1 aliphatic carbocycles. The van der Waals surface area contributed by atoms with Crippen LogP contribution in [0.3, 0.4) is 0 Å². The lowest BCUT2D eigenvalue weighted by molar-refractivity contribution is 0.139. The van der Waals surface area contributed by atoms with Gasteiger partial charge in [-0.1, -0.05) is 31.6 Å². The van der Waals surface area contributed by atoms with E-state index in [4.69, 9.17) is 4.74 Å².